The average molecular weight is 250 g/mol. The van der Waals surface area contributed by atoms with Crippen LogP contribution in [0.25, 0.3) is 0 Å². The third kappa shape index (κ3) is 2.94. The lowest BCUT2D eigenvalue weighted by Gasteiger charge is -2.40. The molecule has 1 aliphatic heterocycles. The lowest BCUT2D eigenvalue weighted by molar-refractivity contribution is -0.133. The summed E-state index contributed by atoms with van der Waals surface area (Å²) in [6.45, 7) is 8.33. The number of hydrogen-bond acceptors (Lipinski definition) is 2. The number of hydrogen-bond donors (Lipinski definition) is 1. The molecule has 102 valence electrons. The van der Waals surface area contributed by atoms with Gasteiger partial charge >= 0.3 is 0 Å². The van der Waals surface area contributed by atoms with Crippen LogP contribution in [0.4, 0.5) is 0 Å². The fraction of sp³-hybridized carbons (Fsp3) is 0.800. The standard InChI is InChI=1S/C15H26N2O/c1-14(2,3)12-5-9-17(10-6-12)13(18)11-15(16)7-4-8-15/h5H,4,6-11,16H2,1-3H3. The second-order valence-electron chi connectivity index (χ2n) is 6.96. The summed E-state index contributed by atoms with van der Waals surface area (Å²) in [5.41, 5.74) is 7.66. The molecule has 0 spiro atoms. The van der Waals surface area contributed by atoms with E-state index in [-0.39, 0.29) is 16.9 Å². The molecule has 1 saturated carbocycles. The van der Waals surface area contributed by atoms with Crippen LogP contribution < -0.4 is 5.73 Å². The quantitative estimate of drug-likeness (QED) is 0.765. The Balaban J connectivity index is 1.89. The molecule has 18 heavy (non-hydrogen) atoms. The molecule has 2 aliphatic rings. The second kappa shape index (κ2) is 4.69. The molecule has 2 N–H and O–H groups in total. The number of nitrogens with two attached hydrogens (primary N) is 1. The molecule has 1 amide bonds. The van der Waals surface area contributed by atoms with Crippen LogP contribution in [0.15, 0.2) is 11.6 Å². The lowest BCUT2D eigenvalue weighted by Crippen LogP contribution is -2.51. The molecule has 0 bridgehead atoms. The van der Waals surface area contributed by atoms with Crippen molar-refractivity contribution in [2.75, 3.05) is 13.1 Å². The molecule has 1 aliphatic carbocycles. The van der Waals surface area contributed by atoms with Crippen LogP contribution >= 0.6 is 0 Å². The fourth-order valence-corrected chi connectivity index (χ4v) is 2.80. The minimum atomic E-state index is -0.189. The lowest BCUT2D eigenvalue weighted by atomic mass is 9.75. The largest absolute Gasteiger partial charge is 0.339 e. The van der Waals surface area contributed by atoms with E-state index in [9.17, 15) is 4.79 Å². The molecule has 0 atom stereocenters. The molecule has 0 aromatic heterocycles. The fourth-order valence-electron chi connectivity index (χ4n) is 2.80. The highest BCUT2D eigenvalue weighted by atomic mass is 16.2. The van der Waals surface area contributed by atoms with Crippen molar-refractivity contribution in [3.63, 3.8) is 0 Å². The van der Waals surface area contributed by atoms with Crippen LogP contribution in [0, 0.1) is 5.41 Å². The number of carbonyl (C=O) groups excluding carboxylic acids is 1. The predicted molar refractivity (Wildman–Crippen MR) is 74.1 cm³/mol. The zero-order valence-electron chi connectivity index (χ0n) is 12.0. The first kappa shape index (κ1) is 13.6. The van der Waals surface area contributed by atoms with Gasteiger partial charge in [-0.05, 0) is 31.1 Å². The van der Waals surface area contributed by atoms with Crippen molar-refractivity contribution in [3.05, 3.63) is 11.6 Å². The minimum absolute atomic E-state index is 0.189. The normalized spacial score (nSPS) is 23.3. The first-order chi connectivity index (χ1) is 8.30. The van der Waals surface area contributed by atoms with Crippen molar-refractivity contribution in [3.8, 4) is 0 Å². The van der Waals surface area contributed by atoms with Crippen molar-refractivity contribution in [1.29, 1.82) is 0 Å². The minimum Gasteiger partial charge on any atom is -0.339 e. The van der Waals surface area contributed by atoms with Crippen LogP contribution in [0.2, 0.25) is 0 Å². The van der Waals surface area contributed by atoms with Crippen molar-refractivity contribution in [2.24, 2.45) is 11.1 Å². The molecule has 1 fully saturated rings. The van der Waals surface area contributed by atoms with Crippen molar-refractivity contribution in [1.82, 2.24) is 4.90 Å². The van der Waals surface area contributed by atoms with Gasteiger partial charge in [0.2, 0.25) is 5.91 Å². The Hall–Kier alpha value is -0.830. The maximum atomic E-state index is 12.2. The molecule has 3 nitrogen and oxygen atoms in total. The Kier molecular flexibility index (Phi) is 3.54. The number of rotatable bonds is 2. The summed E-state index contributed by atoms with van der Waals surface area (Å²) >= 11 is 0. The molecule has 0 radical (unpaired) electrons. The van der Waals surface area contributed by atoms with Crippen LogP contribution in [0.5, 0.6) is 0 Å². The van der Waals surface area contributed by atoms with E-state index in [1.54, 1.807) is 0 Å². The summed E-state index contributed by atoms with van der Waals surface area (Å²) in [6.07, 6.45) is 6.97. The van der Waals surface area contributed by atoms with Crippen LogP contribution in [-0.2, 0) is 4.79 Å². The van der Waals surface area contributed by atoms with E-state index in [4.69, 9.17) is 5.73 Å². The summed E-state index contributed by atoms with van der Waals surface area (Å²) in [4.78, 5) is 14.1. The first-order valence-corrected chi connectivity index (χ1v) is 7.06. The van der Waals surface area contributed by atoms with Gasteiger partial charge < -0.3 is 10.6 Å². The average Bonchev–Trinajstić information content (AvgIpc) is 2.26. The number of nitrogens with zero attached hydrogens (tertiary/aromatic N) is 1. The van der Waals surface area contributed by atoms with Gasteiger partial charge in [0.15, 0.2) is 0 Å². The SMILES string of the molecule is CC(C)(C)C1=CCN(C(=O)CC2(N)CCC2)CC1. The third-order valence-corrected chi connectivity index (χ3v) is 4.38. The molecule has 0 aromatic carbocycles. The molecule has 0 saturated heterocycles. The van der Waals surface area contributed by atoms with E-state index < -0.39 is 0 Å². The van der Waals surface area contributed by atoms with E-state index in [1.807, 2.05) is 4.90 Å². The molecule has 0 aromatic rings. The van der Waals surface area contributed by atoms with Gasteiger partial charge in [-0.25, -0.2) is 0 Å². The summed E-state index contributed by atoms with van der Waals surface area (Å²) in [5, 5.41) is 0. The van der Waals surface area contributed by atoms with E-state index in [0.29, 0.717) is 6.42 Å². The molecule has 2 rings (SSSR count). The summed E-state index contributed by atoms with van der Waals surface area (Å²) in [7, 11) is 0. The Bertz CT molecular complexity index is 361. The highest BCUT2D eigenvalue weighted by Gasteiger charge is 2.36. The molecule has 1 heterocycles. The Morgan fingerprint density at radius 3 is 2.50 bits per heavy atom. The molecule has 0 unspecified atom stereocenters. The zero-order chi connectivity index (χ0) is 13.4. The van der Waals surface area contributed by atoms with E-state index in [0.717, 1.165) is 32.4 Å². The number of amides is 1. The summed E-state index contributed by atoms with van der Waals surface area (Å²) < 4.78 is 0. The maximum absolute atomic E-state index is 12.2. The Morgan fingerprint density at radius 1 is 1.44 bits per heavy atom. The molecule has 3 heteroatoms. The van der Waals surface area contributed by atoms with Crippen molar-refractivity contribution < 1.29 is 4.79 Å². The molecular formula is C15H26N2O. The number of carbonyl (C=O) groups is 1. The van der Waals surface area contributed by atoms with E-state index >= 15 is 0 Å². The van der Waals surface area contributed by atoms with Gasteiger partial charge in [0.1, 0.15) is 0 Å². The van der Waals surface area contributed by atoms with Crippen LogP contribution in [0.1, 0.15) is 52.9 Å². The molecular weight excluding hydrogens is 224 g/mol. The highest BCUT2D eigenvalue weighted by molar-refractivity contribution is 5.78. The van der Waals surface area contributed by atoms with Gasteiger partial charge in [0, 0.05) is 25.0 Å². The van der Waals surface area contributed by atoms with Gasteiger partial charge in [0.25, 0.3) is 0 Å². The monoisotopic (exact) mass is 250 g/mol. The van der Waals surface area contributed by atoms with Gasteiger partial charge in [-0.1, -0.05) is 32.4 Å². The maximum Gasteiger partial charge on any atom is 0.224 e. The van der Waals surface area contributed by atoms with Crippen LogP contribution in [-0.4, -0.2) is 29.4 Å². The third-order valence-electron chi connectivity index (χ3n) is 4.38. The highest BCUT2D eigenvalue weighted by Crippen LogP contribution is 2.34. The Labute approximate surface area is 110 Å². The van der Waals surface area contributed by atoms with Gasteiger partial charge in [-0.15, -0.1) is 0 Å². The zero-order valence-corrected chi connectivity index (χ0v) is 12.0. The second-order valence-corrected chi connectivity index (χ2v) is 6.96. The van der Waals surface area contributed by atoms with Crippen molar-refractivity contribution >= 4 is 5.91 Å². The van der Waals surface area contributed by atoms with Gasteiger partial charge in [-0.3, -0.25) is 4.79 Å². The van der Waals surface area contributed by atoms with Gasteiger partial charge in [-0.2, -0.15) is 0 Å². The summed E-state index contributed by atoms with van der Waals surface area (Å²) in [6, 6.07) is 0. The van der Waals surface area contributed by atoms with Crippen molar-refractivity contribution in [2.45, 2.75) is 58.4 Å². The first-order valence-electron chi connectivity index (χ1n) is 7.06. The predicted octanol–water partition coefficient (Wildman–Crippen LogP) is 2.46. The Morgan fingerprint density at radius 2 is 2.11 bits per heavy atom. The van der Waals surface area contributed by atoms with Crippen LogP contribution in [0.3, 0.4) is 0 Å². The smallest absolute Gasteiger partial charge is 0.224 e. The van der Waals surface area contributed by atoms with E-state index in [1.165, 1.54) is 12.0 Å². The van der Waals surface area contributed by atoms with Gasteiger partial charge in [0.05, 0.1) is 0 Å². The topological polar surface area (TPSA) is 46.3 Å². The van der Waals surface area contributed by atoms with E-state index in [2.05, 4.69) is 26.8 Å². The summed E-state index contributed by atoms with van der Waals surface area (Å²) in [5.74, 6) is 0.237.